The maximum atomic E-state index is 13.1. The molecular formula is C12H8F4N2O3. The molecule has 112 valence electrons. The number of alkyl halides is 3. The lowest BCUT2D eigenvalue weighted by Crippen LogP contribution is -2.19. The van der Waals surface area contributed by atoms with E-state index < -0.39 is 36.1 Å². The lowest BCUT2D eigenvalue weighted by molar-refractivity contribution is -0.0691. The number of carbonyl (C=O) groups is 1. The number of carboxylic acids is 1. The maximum absolute atomic E-state index is 13.1. The lowest BCUT2D eigenvalue weighted by atomic mass is 10.3. The Balaban J connectivity index is 2.41. The van der Waals surface area contributed by atoms with E-state index in [1.54, 1.807) is 0 Å². The Morgan fingerprint density at radius 1 is 1.29 bits per heavy atom. The smallest absolute Gasteiger partial charge is 0.354 e. The highest BCUT2D eigenvalue weighted by Crippen LogP contribution is 2.20. The Morgan fingerprint density at radius 2 is 2.00 bits per heavy atom. The van der Waals surface area contributed by atoms with E-state index in [0.717, 1.165) is 22.9 Å². The van der Waals surface area contributed by atoms with Gasteiger partial charge in [-0.2, -0.15) is 4.39 Å². The standard InChI is InChI=1S/C12H8F4N2O3/c13-6-2-1-3-7(4-6)18-8(12(19)20)5-9(17-18)21-11(16)10(14)15/h1-5,10-11H,(H,19,20). The van der Waals surface area contributed by atoms with Gasteiger partial charge in [0.2, 0.25) is 5.88 Å². The second-order valence-corrected chi connectivity index (χ2v) is 3.87. The number of ether oxygens (including phenoxy) is 1. The molecule has 21 heavy (non-hydrogen) atoms. The summed E-state index contributed by atoms with van der Waals surface area (Å²) in [6.07, 6.45) is -6.35. The largest absolute Gasteiger partial charge is 0.477 e. The van der Waals surface area contributed by atoms with E-state index in [0.29, 0.717) is 0 Å². The molecule has 1 heterocycles. The SMILES string of the molecule is O=C(O)c1cc(OC(F)C(F)F)nn1-c1cccc(F)c1. The van der Waals surface area contributed by atoms with E-state index in [1.807, 2.05) is 0 Å². The van der Waals surface area contributed by atoms with Gasteiger partial charge in [0.05, 0.1) is 5.69 Å². The molecule has 0 aliphatic carbocycles. The van der Waals surface area contributed by atoms with Crippen LogP contribution in [0.5, 0.6) is 5.88 Å². The molecule has 2 aromatic rings. The van der Waals surface area contributed by atoms with Crippen LogP contribution in [0.3, 0.4) is 0 Å². The fraction of sp³-hybridized carbons (Fsp3) is 0.167. The third kappa shape index (κ3) is 3.30. The molecule has 0 aliphatic heterocycles. The average molecular weight is 304 g/mol. The van der Waals surface area contributed by atoms with Crippen LogP contribution in [0.4, 0.5) is 17.6 Å². The van der Waals surface area contributed by atoms with Crippen molar-refractivity contribution in [3.05, 3.63) is 41.8 Å². The number of hydrogen-bond acceptors (Lipinski definition) is 3. The van der Waals surface area contributed by atoms with Gasteiger partial charge in [0, 0.05) is 6.07 Å². The second-order valence-electron chi connectivity index (χ2n) is 3.87. The first kappa shape index (κ1) is 14.8. The summed E-state index contributed by atoms with van der Waals surface area (Å²) in [6, 6.07) is 5.51. The van der Waals surface area contributed by atoms with Gasteiger partial charge >= 0.3 is 12.4 Å². The van der Waals surface area contributed by atoms with Crippen LogP contribution in [0.25, 0.3) is 5.69 Å². The average Bonchev–Trinajstić information content (AvgIpc) is 2.82. The van der Waals surface area contributed by atoms with Crippen LogP contribution in [0.15, 0.2) is 30.3 Å². The minimum absolute atomic E-state index is 0.0229. The summed E-state index contributed by atoms with van der Waals surface area (Å²) < 4.78 is 55.0. The Labute approximate surface area is 115 Å². The maximum Gasteiger partial charge on any atom is 0.354 e. The molecule has 1 aromatic carbocycles. The van der Waals surface area contributed by atoms with E-state index >= 15 is 0 Å². The topological polar surface area (TPSA) is 64.3 Å². The van der Waals surface area contributed by atoms with Crippen LogP contribution in [-0.2, 0) is 0 Å². The van der Waals surface area contributed by atoms with Crippen molar-refractivity contribution in [3.63, 3.8) is 0 Å². The Hall–Kier alpha value is -2.58. The molecule has 5 nitrogen and oxygen atoms in total. The highest BCUT2D eigenvalue weighted by molar-refractivity contribution is 5.86. The molecule has 1 atom stereocenters. The molecule has 0 spiro atoms. The van der Waals surface area contributed by atoms with Crippen molar-refractivity contribution in [2.24, 2.45) is 0 Å². The minimum atomic E-state index is -3.41. The first-order chi connectivity index (χ1) is 9.88. The van der Waals surface area contributed by atoms with Gasteiger partial charge in [-0.15, -0.1) is 5.10 Å². The Kier molecular flexibility index (Phi) is 4.10. The monoisotopic (exact) mass is 304 g/mol. The number of rotatable bonds is 5. The van der Waals surface area contributed by atoms with Crippen molar-refractivity contribution >= 4 is 5.97 Å². The van der Waals surface area contributed by atoms with E-state index in [2.05, 4.69) is 9.84 Å². The normalized spacial score (nSPS) is 12.4. The van der Waals surface area contributed by atoms with Gasteiger partial charge in [-0.1, -0.05) is 6.07 Å². The molecule has 0 bridgehead atoms. The van der Waals surface area contributed by atoms with Gasteiger partial charge in [0.15, 0.2) is 5.69 Å². The quantitative estimate of drug-likeness (QED) is 0.863. The summed E-state index contributed by atoms with van der Waals surface area (Å²) in [5.74, 6) is -2.77. The van der Waals surface area contributed by atoms with Crippen LogP contribution in [0.2, 0.25) is 0 Å². The molecular weight excluding hydrogens is 296 g/mol. The summed E-state index contributed by atoms with van der Waals surface area (Å²) >= 11 is 0. The first-order valence-electron chi connectivity index (χ1n) is 5.56. The van der Waals surface area contributed by atoms with E-state index in [-0.39, 0.29) is 5.69 Å². The predicted octanol–water partition coefficient (Wildman–Crippen LogP) is 2.65. The number of aromatic nitrogens is 2. The van der Waals surface area contributed by atoms with Gasteiger partial charge in [-0.25, -0.2) is 22.6 Å². The second kappa shape index (κ2) is 5.81. The number of aromatic carboxylic acids is 1. The number of benzene rings is 1. The van der Waals surface area contributed by atoms with Crippen LogP contribution < -0.4 is 4.74 Å². The van der Waals surface area contributed by atoms with Gasteiger partial charge < -0.3 is 9.84 Å². The molecule has 0 saturated carbocycles. The number of halogens is 4. The van der Waals surface area contributed by atoms with Gasteiger partial charge in [-0.05, 0) is 18.2 Å². The summed E-state index contributed by atoms with van der Waals surface area (Å²) in [4.78, 5) is 11.1. The van der Waals surface area contributed by atoms with Crippen LogP contribution in [0, 0.1) is 5.82 Å². The third-order valence-electron chi connectivity index (χ3n) is 2.39. The molecule has 2 rings (SSSR count). The molecule has 1 unspecified atom stereocenters. The van der Waals surface area contributed by atoms with Gasteiger partial charge in [0.1, 0.15) is 5.82 Å². The minimum Gasteiger partial charge on any atom is -0.477 e. The van der Waals surface area contributed by atoms with Gasteiger partial charge in [0.25, 0.3) is 6.36 Å². The Morgan fingerprint density at radius 3 is 2.57 bits per heavy atom. The van der Waals surface area contributed by atoms with Crippen molar-refractivity contribution in [2.75, 3.05) is 0 Å². The highest BCUT2D eigenvalue weighted by Gasteiger charge is 2.24. The molecule has 0 amide bonds. The highest BCUT2D eigenvalue weighted by atomic mass is 19.3. The Bertz CT molecular complexity index is 660. The van der Waals surface area contributed by atoms with Crippen molar-refractivity contribution < 1.29 is 32.2 Å². The van der Waals surface area contributed by atoms with Gasteiger partial charge in [-0.3, -0.25) is 0 Å². The van der Waals surface area contributed by atoms with Crippen LogP contribution in [0.1, 0.15) is 10.5 Å². The molecule has 0 aliphatic rings. The zero-order chi connectivity index (χ0) is 15.6. The van der Waals surface area contributed by atoms with E-state index in [4.69, 9.17) is 5.11 Å². The molecule has 0 radical (unpaired) electrons. The summed E-state index contributed by atoms with van der Waals surface area (Å²) in [7, 11) is 0. The first-order valence-corrected chi connectivity index (χ1v) is 5.56. The van der Waals surface area contributed by atoms with E-state index in [1.165, 1.54) is 12.1 Å². The zero-order valence-electron chi connectivity index (χ0n) is 10.2. The number of carboxylic acid groups (broad SMARTS) is 1. The third-order valence-corrected chi connectivity index (χ3v) is 2.39. The molecule has 1 aromatic heterocycles. The summed E-state index contributed by atoms with van der Waals surface area (Å²) in [5.41, 5.74) is -0.466. The predicted molar refractivity (Wildman–Crippen MR) is 62.0 cm³/mol. The van der Waals surface area contributed by atoms with Crippen molar-refractivity contribution in [2.45, 2.75) is 12.8 Å². The molecule has 1 N–H and O–H groups in total. The summed E-state index contributed by atoms with van der Waals surface area (Å²) in [6.45, 7) is 0. The van der Waals surface area contributed by atoms with Crippen molar-refractivity contribution in [1.82, 2.24) is 9.78 Å². The lowest BCUT2D eigenvalue weighted by Gasteiger charge is -2.07. The molecule has 0 saturated heterocycles. The fourth-order valence-corrected chi connectivity index (χ4v) is 1.54. The molecule has 9 heteroatoms. The number of nitrogens with zero attached hydrogens (tertiary/aromatic N) is 2. The van der Waals surface area contributed by atoms with Crippen molar-refractivity contribution in [3.8, 4) is 11.6 Å². The van der Waals surface area contributed by atoms with Crippen LogP contribution >= 0.6 is 0 Å². The fourth-order valence-electron chi connectivity index (χ4n) is 1.54. The number of hydrogen-bond donors (Lipinski definition) is 1. The zero-order valence-corrected chi connectivity index (χ0v) is 10.2. The van der Waals surface area contributed by atoms with E-state index in [9.17, 15) is 22.4 Å². The summed E-state index contributed by atoms with van der Waals surface area (Å²) in [5, 5.41) is 12.5. The van der Waals surface area contributed by atoms with Crippen molar-refractivity contribution in [1.29, 1.82) is 0 Å². The van der Waals surface area contributed by atoms with Crippen LogP contribution in [-0.4, -0.2) is 33.6 Å². The molecule has 0 fully saturated rings.